The summed E-state index contributed by atoms with van der Waals surface area (Å²) in [7, 11) is 2.23. The molecule has 3 heteroatoms. The van der Waals surface area contributed by atoms with E-state index in [2.05, 4.69) is 49.9 Å². The summed E-state index contributed by atoms with van der Waals surface area (Å²) in [6, 6.07) is 1.36. The third-order valence-electron chi connectivity index (χ3n) is 4.43. The molecule has 1 saturated heterocycles. The van der Waals surface area contributed by atoms with E-state index in [1.165, 1.54) is 52.0 Å². The third-order valence-corrected chi connectivity index (χ3v) is 4.43. The molecule has 0 aromatic carbocycles. The largest absolute Gasteiger partial charge is 0.312 e. The lowest BCUT2D eigenvalue weighted by Gasteiger charge is -2.27. The van der Waals surface area contributed by atoms with Gasteiger partial charge in [0.2, 0.25) is 0 Å². The summed E-state index contributed by atoms with van der Waals surface area (Å²) in [4.78, 5) is 5.11. The Morgan fingerprint density at radius 2 is 1.95 bits per heavy atom. The standard InChI is InChI=1S/C16H35N3/c1-14(2)16-13-19(12-8-9-17-16)11-7-6-10-18(5)15(3)4/h14-17H,6-13H2,1-5H3. The summed E-state index contributed by atoms with van der Waals surface area (Å²) >= 11 is 0. The van der Waals surface area contributed by atoms with Gasteiger partial charge in [-0.25, -0.2) is 0 Å². The molecule has 1 N–H and O–H groups in total. The van der Waals surface area contributed by atoms with E-state index in [1.807, 2.05) is 0 Å². The van der Waals surface area contributed by atoms with E-state index in [0.717, 1.165) is 5.92 Å². The molecule has 1 aliphatic rings. The van der Waals surface area contributed by atoms with E-state index in [0.29, 0.717) is 12.1 Å². The van der Waals surface area contributed by atoms with E-state index >= 15 is 0 Å². The first-order valence-corrected chi connectivity index (χ1v) is 8.16. The number of unbranched alkanes of at least 4 members (excludes halogenated alkanes) is 1. The van der Waals surface area contributed by atoms with Crippen LogP contribution in [0.1, 0.15) is 47.0 Å². The first kappa shape index (κ1) is 16.9. The Bertz CT molecular complexity index is 228. The molecule has 114 valence electrons. The Hall–Kier alpha value is -0.120. The van der Waals surface area contributed by atoms with Crippen LogP contribution in [0.25, 0.3) is 0 Å². The lowest BCUT2D eigenvalue weighted by Crippen LogP contribution is -2.41. The maximum Gasteiger partial charge on any atom is 0.0217 e. The van der Waals surface area contributed by atoms with Gasteiger partial charge in [0, 0.05) is 18.6 Å². The van der Waals surface area contributed by atoms with Crippen molar-refractivity contribution in [2.75, 3.05) is 39.8 Å². The fourth-order valence-electron chi connectivity index (χ4n) is 2.63. The van der Waals surface area contributed by atoms with Crippen LogP contribution in [0.2, 0.25) is 0 Å². The van der Waals surface area contributed by atoms with Crippen molar-refractivity contribution < 1.29 is 0 Å². The highest BCUT2D eigenvalue weighted by Crippen LogP contribution is 2.09. The molecule has 1 unspecified atom stereocenters. The van der Waals surface area contributed by atoms with Gasteiger partial charge in [0.05, 0.1) is 0 Å². The molecule has 1 rings (SSSR count). The van der Waals surface area contributed by atoms with Crippen molar-refractivity contribution >= 4 is 0 Å². The number of nitrogens with zero attached hydrogens (tertiary/aromatic N) is 2. The Balaban J connectivity index is 2.20. The zero-order valence-corrected chi connectivity index (χ0v) is 13.8. The summed E-state index contributed by atoms with van der Waals surface area (Å²) in [6.07, 6.45) is 3.96. The monoisotopic (exact) mass is 269 g/mol. The number of hydrogen-bond acceptors (Lipinski definition) is 3. The van der Waals surface area contributed by atoms with Crippen molar-refractivity contribution in [1.29, 1.82) is 0 Å². The van der Waals surface area contributed by atoms with Gasteiger partial charge in [-0.05, 0) is 72.3 Å². The number of hydrogen-bond donors (Lipinski definition) is 1. The molecular weight excluding hydrogens is 234 g/mol. The quantitative estimate of drug-likeness (QED) is 0.716. The van der Waals surface area contributed by atoms with Crippen LogP contribution in [0.4, 0.5) is 0 Å². The van der Waals surface area contributed by atoms with Gasteiger partial charge in [0.1, 0.15) is 0 Å². The minimum atomic E-state index is 0.674. The lowest BCUT2D eigenvalue weighted by atomic mass is 10.0. The normalized spacial score (nSPS) is 22.4. The first-order chi connectivity index (χ1) is 9.00. The van der Waals surface area contributed by atoms with E-state index in [4.69, 9.17) is 0 Å². The maximum absolute atomic E-state index is 3.68. The predicted molar refractivity (Wildman–Crippen MR) is 84.7 cm³/mol. The van der Waals surface area contributed by atoms with Gasteiger partial charge in [-0.3, -0.25) is 0 Å². The van der Waals surface area contributed by atoms with Crippen LogP contribution in [0, 0.1) is 5.92 Å². The van der Waals surface area contributed by atoms with E-state index in [9.17, 15) is 0 Å². The molecule has 3 nitrogen and oxygen atoms in total. The summed E-state index contributed by atoms with van der Waals surface area (Å²) in [5.41, 5.74) is 0. The molecule has 0 bridgehead atoms. The minimum absolute atomic E-state index is 0.674. The zero-order valence-electron chi connectivity index (χ0n) is 13.8. The minimum Gasteiger partial charge on any atom is -0.312 e. The van der Waals surface area contributed by atoms with E-state index in [1.54, 1.807) is 0 Å². The Morgan fingerprint density at radius 3 is 2.58 bits per heavy atom. The van der Waals surface area contributed by atoms with Gasteiger partial charge in [-0.2, -0.15) is 0 Å². The summed E-state index contributed by atoms with van der Waals surface area (Å²) in [5, 5.41) is 3.68. The van der Waals surface area contributed by atoms with Gasteiger partial charge in [0.15, 0.2) is 0 Å². The Morgan fingerprint density at radius 1 is 1.21 bits per heavy atom. The smallest absolute Gasteiger partial charge is 0.0217 e. The fourth-order valence-corrected chi connectivity index (χ4v) is 2.63. The number of nitrogens with one attached hydrogen (secondary N) is 1. The van der Waals surface area contributed by atoms with Crippen LogP contribution in [0.3, 0.4) is 0 Å². The van der Waals surface area contributed by atoms with Gasteiger partial charge < -0.3 is 15.1 Å². The van der Waals surface area contributed by atoms with Crippen molar-refractivity contribution in [3.8, 4) is 0 Å². The van der Waals surface area contributed by atoms with Crippen LogP contribution >= 0.6 is 0 Å². The van der Waals surface area contributed by atoms with Crippen molar-refractivity contribution in [3.05, 3.63) is 0 Å². The first-order valence-electron chi connectivity index (χ1n) is 8.16. The maximum atomic E-state index is 3.68. The van der Waals surface area contributed by atoms with Gasteiger partial charge in [-0.1, -0.05) is 13.8 Å². The van der Waals surface area contributed by atoms with Crippen LogP contribution in [0.5, 0.6) is 0 Å². The fraction of sp³-hybridized carbons (Fsp3) is 1.00. The Labute approximate surface area is 120 Å². The van der Waals surface area contributed by atoms with Gasteiger partial charge >= 0.3 is 0 Å². The SMILES string of the molecule is CC(C)C1CN(CCCCN(C)C(C)C)CCCN1. The average molecular weight is 269 g/mol. The summed E-state index contributed by atoms with van der Waals surface area (Å²) in [5.74, 6) is 0.743. The van der Waals surface area contributed by atoms with Gasteiger partial charge in [0.25, 0.3) is 0 Å². The molecule has 0 spiro atoms. The molecule has 1 heterocycles. The molecule has 0 aliphatic carbocycles. The van der Waals surface area contributed by atoms with Crippen LogP contribution in [0.15, 0.2) is 0 Å². The topological polar surface area (TPSA) is 18.5 Å². The summed E-state index contributed by atoms with van der Waals surface area (Å²) < 4.78 is 0. The van der Waals surface area contributed by atoms with Crippen LogP contribution in [-0.2, 0) is 0 Å². The van der Waals surface area contributed by atoms with E-state index in [-0.39, 0.29) is 0 Å². The molecule has 0 aromatic rings. The summed E-state index contributed by atoms with van der Waals surface area (Å²) in [6.45, 7) is 15.4. The van der Waals surface area contributed by atoms with Crippen molar-refractivity contribution in [2.24, 2.45) is 5.92 Å². The predicted octanol–water partition coefficient (Wildman–Crippen LogP) is 2.43. The third kappa shape index (κ3) is 6.73. The molecule has 0 amide bonds. The molecule has 0 aromatic heterocycles. The number of rotatable bonds is 7. The highest BCUT2D eigenvalue weighted by molar-refractivity contribution is 4.78. The van der Waals surface area contributed by atoms with Gasteiger partial charge in [-0.15, -0.1) is 0 Å². The molecule has 1 atom stereocenters. The molecule has 1 aliphatic heterocycles. The lowest BCUT2D eigenvalue weighted by molar-refractivity contribution is 0.227. The van der Waals surface area contributed by atoms with Crippen molar-refractivity contribution in [3.63, 3.8) is 0 Å². The molecule has 0 radical (unpaired) electrons. The second-order valence-corrected chi connectivity index (χ2v) is 6.74. The van der Waals surface area contributed by atoms with Crippen molar-refractivity contribution in [1.82, 2.24) is 15.1 Å². The average Bonchev–Trinajstić information content (AvgIpc) is 2.59. The zero-order chi connectivity index (χ0) is 14.3. The highest BCUT2D eigenvalue weighted by atomic mass is 15.2. The second-order valence-electron chi connectivity index (χ2n) is 6.74. The molecule has 0 saturated carbocycles. The van der Waals surface area contributed by atoms with Crippen LogP contribution in [-0.4, -0.2) is 61.7 Å². The highest BCUT2D eigenvalue weighted by Gasteiger charge is 2.19. The Kier molecular flexibility index (Phi) is 7.96. The molecule has 1 fully saturated rings. The van der Waals surface area contributed by atoms with Crippen molar-refractivity contribution in [2.45, 2.75) is 59.0 Å². The second kappa shape index (κ2) is 8.93. The van der Waals surface area contributed by atoms with Crippen LogP contribution < -0.4 is 5.32 Å². The molecular formula is C16H35N3. The van der Waals surface area contributed by atoms with E-state index < -0.39 is 0 Å². The molecule has 19 heavy (non-hydrogen) atoms.